The van der Waals surface area contributed by atoms with Gasteiger partial charge in [-0.25, -0.2) is 9.78 Å². The number of nitrogens with zero attached hydrogens (tertiary/aromatic N) is 2. The summed E-state index contributed by atoms with van der Waals surface area (Å²) in [5.74, 6) is -1.32. The number of carbonyl (C=O) groups excluding carboxylic acids is 1. The lowest BCUT2D eigenvalue weighted by Gasteiger charge is -2.09. The number of carboxylic acid groups (broad SMARTS) is 1. The number of amides is 1. The van der Waals surface area contributed by atoms with Gasteiger partial charge in [-0.15, -0.1) is 0 Å². The van der Waals surface area contributed by atoms with Crippen LogP contribution in [0.4, 0.5) is 11.5 Å². The Morgan fingerprint density at radius 1 is 1.48 bits per heavy atom. The highest BCUT2D eigenvalue weighted by Crippen LogP contribution is 2.19. The van der Waals surface area contributed by atoms with Crippen molar-refractivity contribution in [2.45, 2.75) is 13.8 Å². The summed E-state index contributed by atoms with van der Waals surface area (Å²) in [6.07, 6.45) is 0.845. The lowest BCUT2D eigenvalue weighted by Crippen LogP contribution is -2.32. The van der Waals surface area contributed by atoms with Gasteiger partial charge >= 0.3 is 11.7 Å². The number of aromatic nitrogens is 1. The van der Waals surface area contributed by atoms with Crippen molar-refractivity contribution in [2.75, 3.05) is 18.4 Å². The van der Waals surface area contributed by atoms with Crippen LogP contribution in [0.15, 0.2) is 12.3 Å². The summed E-state index contributed by atoms with van der Waals surface area (Å²) in [7, 11) is 0. The fourth-order valence-electron chi connectivity index (χ4n) is 1.41. The predicted octanol–water partition coefficient (Wildman–Crippen LogP) is 0.872. The van der Waals surface area contributed by atoms with Gasteiger partial charge in [-0.1, -0.05) is 13.8 Å². The van der Waals surface area contributed by atoms with Gasteiger partial charge in [-0.2, -0.15) is 0 Å². The van der Waals surface area contributed by atoms with Gasteiger partial charge in [0.05, 0.1) is 11.5 Å². The number of carboxylic acids is 1. The van der Waals surface area contributed by atoms with E-state index in [0.717, 1.165) is 12.3 Å². The molecular formula is C12H16N4O5. The number of pyridine rings is 1. The van der Waals surface area contributed by atoms with Gasteiger partial charge in [0.25, 0.3) is 0 Å². The first-order valence-electron chi connectivity index (χ1n) is 6.19. The topological polar surface area (TPSA) is 134 Å². The summed E-state index contributed by atoms with van der Waals surface area (Å²) in [6, 6.07) is 1.02. The third kappa shape index (κ3) is 5.05. The van der Waals surface area contributed by atoms with E-state index in [2.05, 4.69) is 15.6 Å². The Balaban J connectivity index is 2.72. The van der Waals surface area contributed by atoms with E-state index < -0.39 is 22.1 Å². The van der Waals surface area contributed by atoms with E-state index in [0.29, 0.717) is 12.5 Å². The zero-order valence-corrected chi connectivity index (χ0v) is 11.6. The van der Waals surface area contributed by atoms with Crippen LogP contribution in [0.5, 0.6) is 0 Å². The maximum atomic E-state index is 11.5. The molecule has 0 spiro atoms. The molecule has 1 rings (SSSR count). The number of rotatable bonds is 7. The first-order chi connectivity index (χ1) is 9.81. The molecule has 0 aliphatic heterocycles. The van der Waals surface area contributed by atoms with Crippen LogP contribution in [0.3, 0.4) is 0 Å². The van der Waals surface area contributed by atoms with Crippen molar-refractivity contribution in [2.24, 2.45) is 5.92 Å². The Hall–Kier alpha value is -2.71. The number of aromatic carboxylic acids is 1. The third-order valence-corrected chi connectivity index (χ3v) is 2.45. The number of hydrogen-bond acceptors (Lipinski definition) is 6. The van der Waals surface area contributed by atoms with Crippen molar-refractivity contribution in [1.29, 1.82) is 0 Å². The number of carbonyl (C=O) groups is 2. The highest BCUT2D eigenvalue weighted by molar-refractivity contribution is 5.93. The normalized spacial score (nSPS) is 10.2. The summed E-state index contributed by atoms with van der Waals surface area (Å²) in [4.78, 5) is 36.0. The summed E-state index contributed by atoms with van der Waals surface area (Å²) in [5.41, 5.74) is -1.09. The number of nitro groups is 1. The van der Waals surface area contributed by atoms with E-state index in [4.69, 9.17) is 5.11 Å². The molecule has 0 aliphatic carbocycles. The molecule has 114 valence electrons. The van der Waals surface area contributed by atoms with E-state index in [9.17, 15) is 19.7 Å². The van der Waals surface area contributed by atoms with Crippen molar-refractivity contribution in [3.63, 3.8) is 0 Å². The van der Waals surface area contributed by atoms with E-state index >= 15 is 0 Å². The van der Waals surface area contributed by atoms with Crippen molar-refractivity contribution >= 4 is 23.4 Å². The molecule has 1 heterocycles. The minimum Gasteiger partial charge on any atom is -0.477 e. The molecule has 3 N–H and O–H groups in total. The standard InChI is InChI=1S/C12H16N4O5/c1-7(2)4-15-11(17)6-14-10-3-8(12(18)19)9(5-13-10)16(20)21/h3,5,7H,4,6H2,1-2H3,(H,13,14)(H,15,17)(H,18,19). The van der Waals surface area contributed by atoms with E-state index in [1.807, 2.05) is 13.8 Å². The lowest BCUT2D eigenvalue weighted by atomic mass is 10.2. The summed E-state index contributed by atoms with van der Waals surface area (Å²) >= 11 is 0. The Morgan fingerprint density at radius 3 is 2.67 bits per heavy atom. The van der Waals surface area contributed by atoms with Gasteiger partial charge in [0.1, 0.15) is 17.6 Å². The smallest absolute Gasteiger partial charge is 0.342 e. The van der Waals surface area contributed by atoms with Gasteiger partial charge < -0.3 is 15.7 Å². The molecule has 0 aliphatic rings. The average molecular weight is 296 g/mol. The largest absolute Gasteiger partial charge is 0.477 e. The molecule has 0 radical (unpaired) electrons. The Morgan fingerprint density at radius 2 is 2.14 bits per heavy atom. The van der Waals surface area contributed by atoms with Crippen LogP contribution < -0.4 is 10.6 Å². The van der Waals surface area contributed by atoms with Gasteiger partial charge in [-0.3, -0.25) is 14.9 Å². The van der Waals surface area contributed by atoms with Crippen LogP contribution in [0, 0.1) is 16.0 Å². The summed E-state index contributed by atoms with van der Waals surface area (Å²) in [6.45, 7) is 4.32. The minimum atomic E-state index is -1.43. The molecule has 0 atom stereocenters. The molecule has 0 fully saturated rings. The van der Waals surface area contributed by atoms with Gasteiger partial charge in [0.2, 0.25) is 5.91 Å². The predicted molar refractivity (Wildman–Crippen MR) is 74.2 cm³/mol. The van der Waals surface area contributed by atoms with Crippen molar-refractivity contribution in [3.05, 3.63) is 27.9 Å². The minimum absolute atomic E-state index is 0.0812. The number of hydrogen-bond donors (Lipinski definition) is 3. The van der Waals surface area contributed by atoms with Gasteiger partial charge in [-0.05, 0) is 5.92 Å². The van der Waals surface area contributed by atoms with Crippen LogP contribution in [0.25, 0.3) is 0 Å². The second kappa shape index (κ2) is 7.17. The molecule has 0 unspecified atom stereocenters. The number of nitrogens with one attached hydrogen (secondary N) is 2. The first kappa shape index (κ1) is 16.3. The molecule has 1 amide bonds. The number of anilines is 1. The Labute approximate surface area is 120 Å². The lowest BCUT2D eigenvalue weighted by molar-refractivity contribution is -0.385. The molecule has 0 bridgehead atoms. The quantitative estimate of drug-likeness (QED) is 0.502. The SMILES string of the molecule is CC(C)CNC(=O)CNc1cc(C(=O)O)c([N+](=O)[O-])cn1. The van der Waals surface area contributed by atoms with Crippen LogP contribution >= 0.6 is 0 Å². The first-order valence-corrected chi connectivity index (χ1v) is 6.19. The molecule has 9 heteroatoms. The Bertz CT molecular complexity index is 559. The third-order valence-electron chi connectivity index (χ3n) is 2.45. The molecule has 0 saturated carbocycles. The second-order valence-electron chi connectivity index (χ2n) is 4.70. The molecule has 1 aromatic rings. The fourth-order valence-corrected chi connectivity index (χ4v) is 1.41. The van der Waals surface area contributed by atoms with E-state index in [1.54, 1.807) is 0 Å². The molecule has 0 aromatic carbocycles. The van der Waals surface area contributed by atoms with Crippen LogP contribution in [-0.2, 0) is 4.79 Å². The highest BCUT2D eigenvalue weighted by atomic mass is 16.6. The van der Waals surface area contributed by atoms with Gasteiger partial charge in [0.15, 0.2) is 0 Å². The molecule has 21 heavy (non-hydrogen) atoms. The second-order valence-corrected chi connectivity index (χ2v) is 4.70. The van der Waals surface area contributed by atoms with Crippen LogP contribution in [0.2, 0.25) is 0 Å². The maximum absolute atomic E-state index is 11.5. The maximum Gasteiger partial charge on any atom is 0.342 e. The van der Waals surface area contributed by atoms with E-state index in [1.165, 1.54) is 0 Å². The Kier molecular flexibility index (Phi) is 5.58. The zero-order chi connectivity index (χ0) is 16.0. The highest BCUT2D eigenvalue weighted by Gasteiger charge is 2.21. The van der Waals surface area contributed by atoms with Crippen molar-refractivity contribution < 1.29 is 19.6 Å². The van der Waals surface area contributed by atoms with Gasteiger partial charge in [0, 0.05) is 12.6 Å². The monoisotopic (exact) mass is 296 g/mol. The molecule has 1 aromatic heterocycles. The average Bonchev–Trinajstić information content (AvgIpc) is 2.42. The van der Waals surface area contributed by atoms with Crippen LogP contribution in [0.1, 0.15) is 24.2 Å². The fraction of sp³-hybridized carbons (Fsp3) is 0.417. The van der Waals surface area contributed by atoms with Crippen molar-refractivity contribution in [3.8, 4) is 0 Å². The summed E-state index contributed by atoms with van der Waals surface area (Å²) < 4.78 is 0. The summed E-state index contributed by atoms with van der Waals surface area (Å²) in [5, 5.41) is 24.9. The molecular weight excluding hydrogens is 280 g/mol. The zero-order valence-electron chi connectivity index (χ0n) is 11.6. The van der Waals surface area contributed by atoms with Crippen LogP contribution in [-0.4, -0.2) is 40.0 Å². The molecule has 0 saturated heterocycles. The molecule has 9 nitrogen and oxygen atoms in total. The van der Waals surface area contributed by atoms with E-state index in [-0.39, 0.29) is 18.3 Å². The van der Waals surface area contributed by atoms with Crippen molar-refractivity contribution in [1.82, 2.24) is 10.3 Å².